The molecule has 2 atom stereocenters. The van der Waals surface area contributed by atoms with Crippen LogP contribution in [0.15, 0.2) is 0 Å². The molecule has 0 aromatic carbocycles. The number of rotatable bonds is 0. The van der Waals surface area contributed by atoms with E-state index in [0.717, 1.165) is 0 Å². The van der Waals surface area contributed by atoms with E-state index in [4.69, 9.17) is 15.9 Å². The van der Waals surface area contributed by atoms with Gasteiger partial charge in [0, 0.05) is 12.5 Å². The van der Waals surface area contributed by atoms with Gasteiger partial charge >= 0.3 is 0 Å². The highest BCUT2D eigenvalue weighted by atomic mass is 16.3. The van der Waals surface area contributed by atoms with E-state index in [1.54, 1.807) is 0 Å². The van der Waals surface area contributed by atoms with Crippen molar-refractivity contribution in [1.29, 1.82) is 0 Å². The van der Waals surface area contributed by atoms with Crippen LogP contribution in [0, 0.1) is 6.10 Å². The summed E-state index contributed by atoms with van der Waals surface area (Å²) in [7, 11) is 0. The second-order valence-electron chi connectivity index (χ2n) is 2.53. The van der Waals surface area contributed by atoms with Crippen LogP contribution in [0.3, 0.4) is 0 Å². The van der Waals surface area contributed by atoms with E-state index >= 15 is 0 Å². The average Bonchev–Trinajstić information content (AvgIpc) is 1.80. The third-order valence-electron chi connectivity index (χ3n) is 1.68. The van der Waals surface area contributed by atoms with Crippen LogP contribution in [-0.2, 0) is 0 Å². The number of aliphatic hydroxyl groups is 2. The Kier molecular flexibility index (Phi) is 2.05. The molecule has 0 heterocycles. The molecule has 0 saturated heterocycles. The summed E-state index contributed by atoms with van der Waals surface area (Å²) < 4.78 is 0. The Hall–Kier alpha value is -0.120. The molecule has 0 bridgehead atoms. The number of nitrogens with two attached hydrogens (primary N) is 1. The van der Waals surface area contributed by atoms with Crippen molar-refractivity contribution in [2.75, 3.05) is 0 Å². The van der Waals surface area contributed by atoms with Crippen LogP contribution in [0.2, 0.25) is 0 Å². The Morgan fingerprint density at radius 1 is 1.44 bits per heavy atom. The average molecular weight is 130 g/mol. The van der Waals surface area contributed by atoms with Crippen LogP contribution < -0.4 is 5.73 Å². The van der Waals surface area contributed by atoms with E-state index in [1.807, 2.05) is 0 Å². The van der Waals surface area contributed by atoms with Gasteiger partial charge in [-0.2, -0.15) is 0 Å². The van der Waals surface area contributed by atoms with E-state index in [9.17, 15) is 0 Å². The minimum Gasteiger partial charge on any atom is -0.393 e. The van der Waals surface area contributed by atoms with Crippen LogP contribution in [-0.4, -0.2) is 22.4 Å². The van der Waals surface area contributed by atoms with Crippen LogP contribution in [0.4, 0.5) is 0 Å². The minimum atomic E-state index is -0.371. The fourth-order valence-electron chi connectivity index (χ4n) is 1.03. The SMILES string of the molecule is NC1CCC(O)C[C]1O. The van der Waals surface area contributed by atoms with E-state index < -0.39 is 0 Å². The lowest BCUT2D eigenvalue weighted by Crippen LogP contribution is -2.36. The van der Waals surface area contributed by atoms with Crippen LogP contribution >= 0.6 is 0 Å². The third-order valence-corrected chi connectivity index (χ3v) is 1.68. The molecule has 1 aliphatic carbocycles. The molecule has 9 heavy (non-hydrogen) atoms. The molecule has 1 saturated carbocycles. The summed E-state index contributed by atoms with van der Waals surface area (Å²) in [4.78, 5) is 0. The van der Waals surface area contributed by atoms with Gasteiger partial charge in [-0.25, -0.2) is 0 Å². The van der Waals surface area contributed by atoms with E-state index in [0.29, 0.717) is 19.3 Å². The fraction of sp³-hybridized carbons (Fsp3) is 0.833. The smallest absolute Gasteiger partial charge is 0.112 e. The van der Waals surface area contributed by atoms with Crippen LogP contribution in [0.1, 0.15) is 19.3 Å². The molecule has 0 amide bonds. The predicted octanol–water partition coefficient (Wildman–Crippen LogP) is -0.237. The first-order valence-corrected chi connectivity index (χ1v) is 3.18. The molecule has 0 spiro atoms. The van der Waals surface area contributed by atoms with E-state index in [2.05, 4.69) is 0 Å². The normalized spacial score (nSPS) is 39.0. The van der Waals surface area contributed by atoms with Crippen molar-refractivity contribution in [3.8, 4) is 0 Å². The maximum Gasteiger partial charge on any atom is 0.112 e. The molecule has 3 nitrogen and oxygen atoms in total. The number of hydrogen-bond donors (Lipinski definition) is 3. The summed E-state index contributed by atoms with van der Waals surface area (Å²) in [6, 6.07) is -0.201. The predicted molar refractivity (Wildman–Crippen MR) is 33.0 cm³/mol. The van der Waals surface area contributed by atoms with Crippen molar-refractivity contribution in [2.24, 2.45) is 5.73 Å². The molecular formula is C6H12NO2. The fourth-order valence-corrected chi connectivity index (χ4v) is 1.03. The second kappa shape index (κ2) is 2.64. The van der Waals surface area contributed by atoms with Crippen molar-refractivity contribution in [3.05, 3.63) is 6.10 Å². The first-order valence-electron chi connectivity index (χ1n) is 3.18. The van der Waals surface area contributed by atoms with Gasteiger partial charge in [0.2, 0.25) is 0 Å². The maximum absolute atomic E-state index is 8.98. The summed E-state index contributed by atoms with van der Waals surface area (Å²) in [5.74, 6) is 0. The molecular weight excluding hydrogens is 118 g/mol. The second-order valence-corrected chi connectivity index (χ2v) is 2.53. The summed E-state index contributed by atoms with van der Waals surface area (Å²) in [6.45, 7) is 0. The zero-order chi connectivity index (χ0) is 6.85. The van der Waals surface area contributed by atoms with E-state index in [1.165, 1.54) is 0 Å². The minimum absolute atomic E-state index is 0.201. The highest BCUT2D eigenvalue weighted by Crippen LogP contribution is 2.22. The lowest BCUT2D eigenvalue weighted by Gasteiger charge is -2.26. The van der Waals surface area contributed by atoms with Gasteiger partial charge < -0.3 is 15.9 Å². The van der Waals surface area contributed by atoms with Gasteiger partial charge in [-0.3, -0.25) is 0 Å². The van der Waals surface area contributed by atoms with Crippen molar-refractivity contribution < 1.29 is 10.2 Å². The summed E-state index contributed by atoms with van der Waals surface area (Å²) >= 11 is 0. The molecule has 0 aromatic heterocycles. The molecule has 3 heteroatoms. The topological polar surface area (TPSA) is 66.5 Å². The lowest BCUT2D eigenvalue weighted by atomic mass is 9.91. The quantitative estimate of drug-likeness (QED) is 0.424. The summed E-state index contributed by atoms with van der Waals surface area (Å²) in [5, 5.41) is 17.9. The van der Waals surface area contributed by atoms with Crippen molar-refractivity contribution in [1.82, 2.24) is 0 Å². The molecule has 4 N–H and O–H groups in total. The Morgan fingerprint density at radius 2 is 2.11 bits per heavy atom. The first-order chi connectivity index (χ1) is 4.20. The van der Waals surface area contributed by atoms with Gasteiger partial charge in [-0.05, 0) is 12.8 Å². The Labute approximate surface area is 54.5 Å². The van der Waals surface area contributed by atoms with Gasteiger partial charge in [0.25, 0.3) is 0 Å². The molecule has 0 aromatic rings. The van der Waals surface area contributed by atoms with Crippen LogP contribution in [0.5, 0.6) is 0 Å². The van der Waals surface area contributed by atoms with Gasteiger partial charge in [0.05, 0.1) is 6.10 Å². The summed E-state index contributed by atoms with van der Waals surface area (Å²) in [6.07, 6.45) is 1.65. The lowest BCUT2D eigenvalue weighted by molar-refractivity contribution is 0.0854. The Balaban J connectivity index is 2.35. The van der Waals surface area contributed by atoms with Crippen molar-refractivity contribution >= 4 is 0 Å². The van der Waals surface area contributed by atoms with Gasteiger partial charge in [-0.15, -0.1) is 0 Å². The third kappa shape index (κ3) is 1.64. The van der Waals surface area contributed by atoms with Crippen molar-refractivity contribution in [2.45, 2.75) is 31.4 Å². The molecule has 53 valence electrons. The number of aliphatic hydroxyl groups excluding tert-OH is 2. The molecule has 1 aliphatic rings. The van der Waals surface area contributed by atoms with Gasteiger partial charge in [0.15, 0.2) is 0 Å². The standard InChI is InChI=1S/C6H12NO2/c7-5-2-1-4(8)3-6(5)9/h4-5,8-9H,1-3,7H2. The molecule has 1 rings (SSSR count). The number of hydrogen-bond acceptors (Lipinski definition) is 3. The summed E-state index contributed by atoms with van der Waals surface area (Å²) in [5.41, 5.74) is 5.44. The highest BCUT2D eigenvalue weighted by Gasteiger charge is 2.25. The zero-order valence-corrected chi connectivity index (χ0v) is 5.25. The molecule has 0 aliphatic heterocycles. The van der Waals surface area contributed by atoms with Gasteiger partial charge in [-0.1, -0.05) is 0 Å². The van der Waals surface area contributed by atoms with Crippen LogP contribution in [0.25, 0.3) is 0 Å². The highest BCUT2D eigenvalue weighted by molar-refractivity contribution is 4.95. The van der Waals surface area contributed by atoms with Crippen molar-refractivity contribution in [3.63, 3.8) is 0 Å². The largest absolute Gasteiger partial charge is 0.393 e. The Bertz CT molecular complexity index is 97.1. The molecule has 1 radical (unpaired) electrons. The Morgan fingerprint density at radius 3 is 2.56 bits per heavy atom. The molecule has 2 unspecified atom stereocenters. The van der Waals surface area contributed by atoms with Gasteiger partial charge in [0.1, 0.15) is 6.10 Å². The monoisotopic (exact) mass is 130 g/mol. The van der Waals surface area contributed by atoms with E-state index in [-0.39, 0.29) is 18.2 Å². The first kappa shape index (κ1) is 6.99. The molecule has 1 fully saturated rings. The maximum atomic E-state index is 8.98. The zero-order valence-electron chi connectivity index (χ0n) is 5.25.